The zero-order valence-electron chi connectivity index (χ0n) is 26.5. The van der Waals surface area contributed by atoms with Crippen molar-refractivity contribution in [3.8, 4) is 0 Å². The molecule has 15 nitrogen and oxygen atoms in total. The summed E-state index contributed by atoms with van der Waals surface area (Å²) in [6.45, 7) is 5.09. The van der Waals surface area contributed by atoms with Crippen molar-refractivity contribution >= 4 is 41.3 Å². The highest BCUT2D eigenvalue weighted by Gasteiger charge is 2.27. The van der Waals surface area contributed by atoms with Crippen molar-refractivity contribution in [3.05, 3.63) is 42.0 Å². The number of ether oxygens (including phenoxy) is 1. The monoisotopic (exact) mass is 646 g/mol. The molecule has 8 N–H and O–H groups in total. The molecule has 6 amide bonds. The van der Waals surface area contributed by atoms with Crippen LogP contribution >= 0.6 is 0 Å². The third-order valence-electron chi connectivity index (χ3n) is 6.96. The molecule has 1 aliphatic heterocycles. The largest absolute Gasteiger partial charge is 0.460 e. The Balaban J connectivity index is 1.90. The van der Waals surface area contributed by atoms with E-state index in [1.807, 2.05) is 0 Å². The van der Waals surface area contributed by atoms with E-state index in [2.05, 4.69) is 21.3 Å². The molecular weight excluding hydrogens is 600 g/mol. The summed E-state index contributed by atoms with van der Waals surface area (Å²) in [5, 5.41) is 29.7. The van der Waals surface area contributed by atoms with Crippen LogP contribution in [0.3, 0.4) is 0 Å². The highest BCUT2D eigenvalue weighted by atomic mass is 16.5. The van der Waals surface area contributed by atoms with Crippen LogP contribution in [0.1, 0.15) is 64.9 Å². The molecule has 1 aromatic carbocycles. The van der Waals surface area contributed by atoms with E-state index in [9.17, 15) is 39.0 Å². The second kappa shape index (κ2) is 18.5. The van der Waals surface area contributed by atoms with E-state index in [0.29, 0.717) is 37.1 Å². The maximum absolute atomic E-state index is 13.2. The number of carbonyl (C=O) groups excluding carboxylic acids is 6. The van der Waals surface area contributed by atoms with Crippen LogP contribution in [0.5, 0.6) is 0 Å². The number of unbranched alkanes of at least 4 members (excludes halogenated alkanes) is 2. The fourth-order valence-electron chi connectivity index (χ4n) is 4.28. The van der Waals surface area contributed by atoms with Crippen molar-refractivity contribution < 1.29 is 43.7 Å². The summed E-state index contributed by atoms with van der Waals surface area (Å²) in [5.74, 6) is -2.44. The van der Waals surface area contributed by atoms with E-state index < -0.39 is 54.1 Å². The summed E-state index contributed by atoms with van der Waals surface area (Å²) in [4.78, 5) is 74.6. The molecule has 0 saturated carbocycles. The smallest absolute Gasteiger partial charge is 0.312 e. The number of carbonyl (C=O) groups is 6. The second-order valence-corrected chi connectivity index (χ2v) is 11.9. The average molecular weight is 647 g/mol. The van der Waals surface area contributed by atoms with Gasteiger partial charge in [-0.1, -0.05) is 18.6 Å². The Morgan fingerprint density at radius 1 is 0.978 bits per heavy atom. The number of nitrogens with one attached hydrogen (secondary N) is 4. The van der Waals surface area contributed by atoms with Gasteiger partial charge in [-0.3, -0.25) is 24.0 Å². The molecule has 1 aromatic rings. The number of hydrogen-bond donors (Lipinski definition) is 7. The van der Waals surface area contributed by atoms with Crippen LogP contribution in [0.2, 0.25) is 0 Å². The van der Waals surface area contributed by atoms with Crippen LogP contribution in [0.4, 0.5) is 10.5 Å². The highest BCUT2D eigenvalue weighted by molar-refractivity contribution is 5.98. The van der Waals surface area contributed by atoms with Crippen molar-refractivity contribution in [2.45, 2.75) is 84.2 Å². The molecule has 0 aromatic heterocycles. The molecule has 0 spiro atoms. The summed E-state index contributed by atoms with van der Waals surface area (Å²) in [5.41, 5.74) is 5.58. The van der Waals surface area contributed by atoms with Gasteiger partial charge in [0.1, 0.15) is 24.9 Å². The summed E-state index contributed by atoms with van der Waals surface area (Å²) in [7, 11) is 0. The van der Waals surface area contributed by atoms with E-state index in [1.165, 1.54) is 17.1 Å². The Morgan fingerprint density at radius 2 is 1.67 bits per heavy atom. The molecule has 0 bridgehead atoms. The van der Waals surface area contributed by atoms with Gasteiger partial charge in [0.25, 0.3) is 0 Å². The molecule has 46 heavy (non-hydrogen) atoms. The van der Waals surface area contributed by atoms with Crippen LogP contribution < -0.4 is 27.0 Å². The van der Waals surface area contributed by atoms with Crippen molar-refractivity contribution in [2.75, 3.05) is 25.0 Å². The van der Waals surface area contributed by atoms with Gasteiger partial charge in [-0.15, -0.1) is 0 Å². The number of urea groups is 1. The number of esters is 1. The molecule has 0 fully saturated rings. The first kappa shape index (κ1) is 37.7. The number of rotatable bonds is 18. The Bertz CT molecular complexity index is 1250. The van der Waals surface area contributed by atoms with Gasteiger partial charge in [0.2, 0.25) is 23.6 Å². The van der Waals surface area contributed by atoms with E-state index in [0.717, 1.165) is 0 Å². The van der Waals surface area contributed by atoms with Crippen LogP contribution in [-0.4, -0.2) is 88.8 Å². The maximum atomic E-state index is 13.2. The maximum Gasteiger partial charge on any atom is 0.312 e. The third-order valence-corrected chi connectivity index (χ3v) is 6.96. The van der Waals surface area contributed by atoms with E-state index in [4.69, 9.17) is 10.5 Å². The summed E-state index contributed by atoms with van der Waals surface area (Å²) in [6, 6.07) is 3.46. The molecule has 15 heteroatoms. The van der Waals surface area contributed by atoms with E-state index >= 15 is 0 Å². The SMILES string of the molecule is CC(C)(C)C(=O)OCc1ccc(NC(=O)[C@H](CCCNC(N)=O)NC(=O)[C@H](CO)NC(=O)CCCCCN2C(=O)C=CC2O)cc1. The number of nitrogens with zero attached hydrogens (tertiary/aromatic N) is 1. The number of anilines is 1. The molecule has 1 heterocycles. The number of primary amides is 1. The lowest BCUT2D eigenvalue weighted by Gasteiger charge is -2.22. The number of amides is 6. The fourth-order valence-corrected chi connectivity index (χ4v) is 4.28. The first-order valence-corrected chi connectivity index (χ1v) is 15.2. The van der Waals surface area contributed by atoms with Gasteiger partial charge in [0, 0.05) is 31.3 Å². The number of nitrogens with two attached hydrogens (primary N) is 1. The molecule has 1 aliphatic rings. The van der Waals surface area contributed by atoms with Crippen molar-refractivity contribution in [1.82, 2.24) is 20.9 Å². The lowest BCUT2D eigenvalue weighted by Crippen LogP contribution is -2.54. The Labute approximate surface area is 268 Å². The Hall–Kier alpha value is -4.50. The number of aliphatic hydroxyl groups excluding tert-OH is 2. The van der Waals surface area contributed by atoms with Gasteiger partial charge in [0.15, 0.2) is 0 Å². The predicted molar refractivity (Wildman–Crippen MR) is 167 cm³/mol. The quantitative estimate of drug-likeness (QED) is 0.0863. The molecular formula is C31H46N6O9. The summed E-state index contributed by atoms with van der Waals surface area (Å²) >= 11 is 0. The van der Waals surface area contributed by atoms with Crippen LogP contribution in [0.25, 0.3) is 0 Å². The van der Waals surface area contributed by atoms with Crippen molar-refractivity contribution in [3.63, 3.8) is 0 Å². The van der Waals surface area contributed by atoms with Crippen molar-refractivity contribution in [1.29, 1.82) is 0 Å². The van der Waals surface area contributed by atoms with Crippen LogP contribution in [-0.2, 0) is 35.3 Å². The molecule has 1 unspecified atom stereocenters. The molecule has 2 rings (SSSR count). The molecule has 0 radical (unpaired) electrons. The molecule has 0 aliphatic carbocycles. The van der Waals surface area contributed by atoms with Crippen LogP contribution in [0, 0.1) is 5.41 Å². The van der Waals surface area contributed by atoms with Gasteiger partial charge in [-0.2, -0.15) is 0 Å². The Morgan fingerprint density at radius 3 is 2.26 bits per heavy atom. The van der Waals surface area contributed by atoms with E-state index in [1.54, 1.807) is 45.0 Å². The van der Waals surface area contributed by atoms with Gasteiger partial charge in [0.05, 0.1) is 12.0 Å². The van der Waals surface area contributed by atoms with E-state index in [-0.39, 0.29) is 44.3 Å². The zero-order valence-corrected chi connectivity index (χ0v) is 26.5. The lowest BCUT2D eigenvalue weighted by atomic mass is 9.97. The summed E-state index contributed by atoms with van der Waals surface area (Å²) < 4.78 is 5.30. The van der Waals surface area contributed by atoms with Crippen molar-refractivity contribution in [2.24, 2.45) is 11.1 Å². The molecule has 254 valence electrons. The second-order valence-electron chi connectivity index (χ2n) is 11.9. The summed E-state index contributed by atoms with van der Waals surface area (Å²) in [6.07, 6.45) is 3.82. The third kappa shape index (κ3) is 13.2. The first-order chi connectivity index (χ1) is 21.7. The van der Waals surface area contributed by atoms with Gasteiger partial charge in [-0.05, 0) is 70.2 Å². The predicted octanol–water partition coefficient (Wildman–Crippen LogP) is 0.402. The van der Waals surface area contributed by atoms with Gasteiger partial charge >= 0.3 is 12.0 Å². The fraction of sp³-hybridized carbons (Fsp3) is 0.548. The lowest BCUT2D eigenvalue weighted by molar-refractivity contribution is -0.154. The number of aliphatic hydroxyl groups is 2. The minimum absolute atomic E-state index is 0.0611. The van der Waals surface area contributed by atoms with Crippen LogP contribution in [0.15, 0.2) is 36.4 Å². The molecule has 0 saturated heterocycles. The minimum Gasteiger partial charge on any atom is -0.460 e. The number of hydrogen-bond acceptors (Lipinski definition) is 9. The number of benzene rings is 1. The average Bonchev–Trinajstić information content (AvgIpc) is 3.32. The minimum atomic E-state index is -1.31. The zero-order chi connectivity index (χ0) is 34.3. The Kier molecular flexibility index (Phi) is 15.1. The first-order valence-electron chi connectivity index (χ1n) is 15.2. The standard InChI is InChI=1S/C31H46N6O9/c1-31(2,3)29(44)46-19-20-10-12-21(13-11-20)34-27(42)22(8-7-16-33-30(32)45)36-28(43)23(18-38)35-24(39)9-5-4-6-17-37-25(40)14-15-26(37)41/h10-15,22-23,25,38,40H,4-9,16-19H2,1-3H3,(H,34,42)(H,35,39)(H,36,43)(H3,32,33,45)/t22-,23-,25?/m0/s1. The topological polar surface area (TPSA) is 229 Å². The highest BCUT2D eigenvalue weighted by Crippen LogP contribution is 2.18. The van der Waals surface area contributed by atoms with Gasteiger partial charge < -0.3 is 46.9 Å². The molecule has 3 atom stereocenters. The normalized spacial score (nSPS) is 15.5. The van der Waals surface area contributed by atoms with Gasteiger partial charge in [-0.25, -0.2) is 4.79 Å².